The van der Waals surface area contributed by atoms with Gasteiger partial charge in [0.25, 0.3) is 0 Å². The summed E-state index contributed by atoms with van der Waals surface area (Å²) in [6.45, 7) is 2.37. The summed E-state index contributed by atoms with van der Waals surface area (Å²) in [5.41, 5.74) is -1.06. The standard InChI is InChI=1S/C14H20N4O3/c1-3-14(12(20)21)6-4-9-18(14)11(19)10-17(2)13-15-7-5-8-16-13/h5,7-8H,3-4,6,9-10H2,1-2H3,(H,20,21). The van der Waals surface area contributed by atoms with Crippen molar-refractivity contribution in [2.75, 3.05) is 25.0 Å². The van der Waals surface area contributed by atoms with Crippen LogP contribution >= 0.6 is 0 Å². The van der Waals surface area contributed by atoms with Crippen molar-refractivity contribution in [2.45, 2.75) is 31.7 Å². The highest BCUT2D eigenvalue weighted by molar-refractivity contribution is 5.89. The molecule has 1 aromatic heterocycles. The minimum absolute atomic E-state index is 0.0685. The van der Waals surface area contributed by atoms with Crippen LogP contribution in [-0.4, -0.2) is 57.5 Å². The molecule has 114 valence electrons. The van der Waals surface area contributed by atoms with E-state index < -0.39 is 11.5 Å². The maximum Gasteiger partial charge on any atom is 0.329 e. The fourth-order valence-electron chi connectivity index (χ4n) is 2.83. The maximum absolute atomic E-state index is 12.5. The summed E-state index contributed by atoms with van der Waals surface area (Å²) in [5, 5.41) is 9.50. The van der Waals surface area contributed by atoms with Gasteiger partial charge in [-0.25, -0.2) is 14.8 Å². The largest absolute Gasteiger partial charge is 0.479 e. The van der Waals surface area contributed by atoms with E-state index in [1.54, 1.807) is 30.4 Å². The van der Waals surface area contributed by atoms with Crippen LogP contribution in [-0.2, 0) is 9.59 Å². The Labute approximate surface area is 123 Å². The van der Waals surface area contributed by atoms with Gasteiger partial charge >= 0.3 is 5.97 Å². The molecule has 1 amide bonds. The zero-order valence-electron chi connectivity index (χ0n) is 12.3. The van der Waals surface area contributed by atoms with Crippen LogP contribution in [0.25, 0.3) is 0 Å². The fraction of sp³-hybridized carbons (Fsp3) is 0.571. The van der Waals surface area contributed by atoms with Crippen molar-refractivity contribution in [1.82, 2.24) is 14.9 Å². The summed E-state index contributed by atoms with van der Waals surface area (Å²) in [4.78, 5) is 35.3. The third kappa shape index (κ3) is 2.81. The molecule has 1 unspecified atom stereocenters. The Morgan fingerprint density at radius 3 is 2.67 bits per heavy atom. The van der Waals surface area contributed by atoms with Crippen LogP contribution in [0.15, 0.2) is 18.5 Å². The lowest BCUT2D eigenvalue weighted by molar-refractivity contribution is -0.156. The van der Waals surface area contributed by atoms with Gasteiger partial charge in [0.1, 0.15) is 5.54 Å². The van der Waals surface area contributed by atoms with Crippen LogP contribution in [0.1, 0.15) is 26.2 Å². The molecule has 0 bridgehead atoms. The van der Waals surface area contributed by atoms with Crippen LogP contribution in [0.2, 0.25) is 0 Å². The number of carboxylic acids is 1. The van der Waals surface area contributed by atoms with E-state index >= 15 is 0 Å². The van der Waals surface area contributed by atoms with Gasteiger partial charge in [-0.1, -0.05) is 6.92 Å². The summed E-state index contributed by atoms with van der Waals surface area (Å²) in [6.07, 6.45) is 4.85. The van der Waals surface area contributed by atoms with Crippen molar-refractivity contribution in [3.8, 4) is 0 Å². The number of aromatic nitrogens is 2. The lowest BCUT2D eigenvalue weighted by atomic mass is 9.93. The van der Waals surface area contributed by atoms with Gasteiger partial charge in [0, 0.05) is 26.0 Å². The molecule has 1 fully saturated rings. The van der Waals surface area contributed by atoms with E-state index in [0.717, 1.165) is 6.42 Å². The molecule has 7 heteroatoms. The first-order valence-electron chi connectivity index (χ1n) is 7.03. The highest BCUT2D eigenvalue weighted by Gasteiger charge is 2.48. The zero-order valence-corrected chi connectivity index (χ0v) is 12.3. The van der Waals surface area contributed by atoms with Gasteiger partial charge in [-0.3, -0.25) is 4.79 Å². The minimum Gasteiger partial charge on any atom is -0.479 e. The van der Waals surface area contributed by atoms with E-state index in [0.29, 0.717) is 25.3 Å². The normalized spacial score (nSPS) is 21.3. The lowest BCUT2D eigenvalue weighted by Gasteiger charge is -2.34. The molecule has 1 saturated heterocycles. The molecule has 2 heterocycles. The van der Waals surface area contributed by atoms with Gasteiger partial charge in [-0.2, -0.15) is 0 Å². The van der Waals surface area contributed by atoms with Crippen molar-refractivity contribution in [3.63, 3.8) is 0 Å². The molecule has 0 spiro atoms. The van der Waals surface area contributed by atoms with Crippen molar-refractivity contribution in [2.24, 2.45) is 0 Å². The van der Waals surface area contributed by atoms with E-state index in [9.17, 15) is 14.7 Å². The minimum atomic E-state index is -1.06. The second-order valence-corrected chi connectivity index (χ2v) is 5.24. The first-order valence-corrected chi connectivity index (χ1v) is 7.03. The van der Waals surface area contributed by atoms with Crippen LogP contribution in [0.4, 0.5) is 5.95 Å². The number of hydrogen-bond donors (Lipinski definition) is 1. The zero-order chi connectivity index (χ0) is 15.5. The van der Waals surface area contributed by atoms with Crippen molar-refractivity contribution >= 4 is 17.8 Å². The molecule has 1 atom stereocenters. The number of carbonyl (C=O) groups is 2. The smallest absolute Gasteiger partial charge is 0.329 e. The Bertz CT molecular complexity index is 522. The van der Waals surface area contributed by atoms with Crippen molar-refractivity contribution in [1.29, 1.82) is 0 Å². The number of amides is 1. The molecule has 1 aromatic rings. The molecular weight excluding hydrogens is 272 g/mol. The van der Waals surface area contributed by atoms with E-state index in [2.05, 4.69) is 9.97 Å². The van der Waals surface area contributed by atoms with Crippen LogP contribution < -0.4 is 4.90 Å². The quantitative estimate of drug-likeness (QED) is 0.862. The Balaban J connectivity index is 2.11. The molecule has 1 N–H and O–H groups in total. The SMILES string of the molecule is CCC1(C(=O)O)CCCN1C(=O)CN(C)c1ncccn1. The summed E-state index contributed by atoms with van der Waals surface area (Å²) < 4.78 is 0. The van der Waals surface area contributed by atoms with Gasteiger partial charge in [0.15, 0.2) is 0 Å². The second kappa shape index (κ2) is 6.07. The van der Waals surface area contributed by atoms with Gasteiger partial charge < -0.3 is 14.9 Å². The molecule has 2 rings (SSSR count). The Kier molecular flexibility index (Phi) is 4.40. The average molecular weight is 292 g/mol. The third-order valence-electron chi connectivity index (χ3n) is 4.04. The van der Waals surface area contributed by atoms with Gasteiger partial charge in [0.05, 0.1) is 6.54 Å². The third-order valence-corrected chi connectivity index (χ3v) is 4.04. The number of likely N-dealkylation sites (tertiary alicyclic amines) is 1. The van der Waals surface area contributed by atoms with Gasteiger partial charge in [-0.15, -0.1) is 0 Å². The first-order chi connectivity index (χ1) is 10.0. The molecule has 0 aliphatic carbocycles. The predicted molar refractivity (Wildman–Crippen MR) is 76.9 cm³/mol. The van der Waals surface area contributed by atoms with Crippen LogP contribution in [0.5, 0.6) is 0 Å². The number of rotatable bonds is 5. The number of aliphatic carboxylic acids is 1. The number of carbonyl (C=O) groups excluding carboxylic acids is 1. The van der Waals surface area contributed by atoms with E-state index in [4.69, 9.17) is 0 Å². The maximum atomic E-state index is 12.5. The van der Waals surface area contributed by atoms with Crippen LogP contribution in [0.3, 0.4) is 0 Å². The number of nitrogens with zero attached hydrogens (tertiary/aromatic N) is 4. The number of hydrogen-bond acceptors (Lipinski definition) is 5. The van der Waals surface area contributed by atoms with E-state index in [1.165, 1.54) is 4.90 Å². The highest BCUT2D eigenvalue weighted by Crippen LogP contribution is 2.33. The molecule has 0 radical (unpaired) electrons. The highest BCUT2D eigenvalue weighted by atomic mass is 16.4. The number of carboxylic acid groups (broad SMARTS) is 1. The predicted octanol–water partition coefficient (Wildman–Crippen LogP) is 0.769. The van der Waals surface area contributed by atoms with Crippen molar-refractivity contribution < 1.29 is 14.7 Å². The average Bonchev–Trinajstić information content (AvgIpc) is 2.93. The summed E-state index contributed by atoms with van der Waals surface area (Å²) in [5.74, 6) is -0.677. The molecule has 7 nitrogen and oxygen atoms in total. The fourth-order valence-corrected chi connectivity index (χ4v) is 2.83. The Morgan fingerprint density at radius 1 is 1.43 bits per heavy atom. The van der Waals surface area contributed by atoms with Gasteiger partial charge in [-0.05, 0) is 25.3 Å². The molecular formula is C14H20N4O3. The molecule has 0 aromatic carbocycles. The molecule has 1 aliphatic heterocycles. The summed E-state index contributed by atoms with van der Waals surface area (Å²) in [6, 6.07) is 1.70. The van der Waals surface area contributed by atoms with Gasteiger partial charge in [0.2, 0.25) is 11.9 Å². The van der Waals surface area contributed by atoms with Crippen LogP contribution in [0, 0.1) is 0 Å². The molecule has 21 heavy (non-hydrogen) atoms. The van der Waals surface area contributed by atoms with E-state index in [1.807, 2.05) is 6.92 Å². The van der Waals surface area contributed by atoms with E-state index in [-0.39, 0.29) is 12.5 Å². The van der Waals surface area contributed by atoms with Crippen molar-refractivity contribution in [3.05, 3.63) is 18.5 Å². The summed E-state index contributed by atoms with van der Waals surface area (Å²) in [7, 11) is 1.72. The topological polar surface area (TPSA) is 86.6 Å². The molecule has 0 saturated carbocycles. The summed E-state index contributed by atoms with van der Waals surface area (Å²) >= 11 is 0. The Hall–Kier alpha value is -2.18. The number of likely N-dealkylation sites (N-methyl/N-ethyl adjacent to an activating group) is 1. The number of anilines is 1. The first kappa shape index (κ1) is 15.2. The lowest BCUT2D eigenvalue weighted by Crippen LogP contribution is -2.54. The Morgan fingerprint density at radius 2 is 2.10 bits per heavy atom. The monoisotopic (exact) mass is 292 g/mol. The molecule has 1 aliphatic rings. The second-order valence-electron chi connectivity index (χ2n) is 5.24.